The van der Waals surface area contributed by atoms with E-state index in [0.717, 1.165) is 22.4 Å². The molecule has 4 nitrogen and oxygen atoms in total. The zero-order valence-electron chi connectivity index (χ0n) is 12.3. The Morgan fingerprint density at radius 2 is 1.95 bits per heavy atom. The average molecular weight is 284 g/mol. The lowest BCUT2D eigenvalue weighted by Crippen LogP contribution is -2.21. The molecular weight excluding hydrogens is 264 g/mol. The number of amides is 1. The number of carbonyl (C=O) groups is 1. The van der Waals surface area contributed by atoms with Crippen LogP contribution in [0.2, 0.25) is 0 Å². The number of nitrogens with one attached hydrogen (secondary N) is 1. The summed E-state index contributed by atoms with van der Waals surface area (Å²) in [4.78, 5) is 11.9. The molecule has 0 bridgehead atoms. The highest BCUT2D eigenvalue weighted by atomic mass is 16.5. The Balaban J connectivity index is 1.97. The third-order valence-electron chi connectivity index (χ3n) is 3.21. The summed E-state index contributed by atoms with van der Waals surface area (Å²) in [6, 6.07) is 13.4. The maximum absolute atomic E-state index is 11.9. The van der Waals surface area contributed by atoms with Crippen LogP contribution in [0.15, 0.2) is 42.5 Å². The first-order chi connectivity index (χ1) is 10.1. The van der Waals surface area contributed by atoms with E-state index in [4.69, 9.17) is 10.5 Å². The van der Waals surface area contributed by atoms with Crippen molar-refractivity contribution < 1.29 is 9.53 Å². The molecule has 3 N–H and O–H groups in total. The lowest BCUT2D eigenvalue weighted by Gasteiger charge is -2.12. The summed E-state index contributed by atoms with van der Waals surface area (Å²) in [5.74, 6) is 0.468. The summed E-state index contributed by atoms with van der Waals surface area (Å²) in [6.07, 6.45) is 0. The van der Waals surface area contributed by atoms with E-state index in [1.807, 2.05) is 56.3 Å². The Morgan fingerprint density at radius 1 is 1.19 bits per heavy atom. The number of aryl methyl sites for hydroxylation is 2. The maximum Gasteiger partial charge on any atom is 0.262 e. The van der Waals surface area contributed by atoms with Crippen LogP contribution in [0.5, 0.6) is 5.75 Å². The first-order valence-electron chi connectivity index (χ1n) is 6.88. The molecular formula is C17H20N2O2. The molecule has 0 spiro atoms. The smallest absolute Gasteiger partial charge is 0.262 e. The van der Waals surface area contributed by atoms with E-state index < -0.39 is 0 Å². The second-order valence-corrected chi connectivity index (χ2v) is 4.97. The van der Waals surface area contributed by atoms with Crippen LogP contribution in [-0.2, 0) is 11.3 Å². The summed E-state index contributed by atoms with van der Waals surface area (Å²) in [6.45, 7) is 4.29. The fraction of sp³-hybridized carbons (Fsp3) is 0.235. The van der Waals surface area contributed by atoms with Crippen molar-refractivity contribution in [3.05, 3.63) is 59.2 Å². The number of nitrogens with two attached hydrogens (primary N) is 1. The van der Waals surface area contributed by atoms with Crippen LogP contribution >= 0.6 is 0 Å². The monoisotopic (exact) mass is 284 g/mol. The van der Waals surface area contributed by atoms with Crippen LogP contribution in [0.1, 0.15) is 16.7 Å². The van der Waals surface area contributed by atoms with Gasteiger partial charge in [0, 0.05) is 17.8 Å². The SMILES string of the molecule is Cc1ccc(OCC(=O)Nc2ccccc2C)c(CN)c1. The molecule has 0 radical (unpaired) electrons. The summed E-state index contributed by atoms with van der Waals surface area (Å²) in [5, 5.41) is 2.83. The van der Waals surface area contributed by atoms with E-state index in [2.05, 4.69) is 5.32 Å². The number of rotatable bonds is 5. The van der Waals surface area contributed by atoms with E-state index in [1.165, 1.54) is 0 Å². The summed E-state index contributed by atoms with van der Waals surface area (Å²) < 4.78 is 5.56. The number of anilines is 1. The third kappa shape index (κ3) is 4.07. The van der Waals surface area contributed by atoms with Gasteiger partial charge in [-0.2, -0.15) is 0 Å². The molecule has 110 valence electrons. The van der Waals surface area contributed by atoms with Gasteiger partial charge in [0.1, 0.15) is 5.75 Å². The molecule has 0 aliphatic carbocycles. The van der Waals surface area contributed by atoms with Gasteiger partial charge >= 0.3 is 0 Å². The van der Waals surface area contributed by atoms with Gasteiger partial charge in [-0.1, -0.05) is 35.9 Å². The van der Waals surface area contributed by atoms with Crippen molar-refractivity contribution in [3.63, 3.8) is 0 Å². The molecule has 0 aromatic heterocycles. The number of para-hydroxylation sites is 1. The van der Waals surface area contributed by atoms with Crippen LogP contribution in [0.3, 0.4) is 0 Å². The predicted molar refractivity (Wildman–Crippen MR) is 84.4 cm³/mol. The second kappa shape index (κ2) is 6.90. The minimum atomic E-state index is -0.187. The summed E-state index contributed by atoms with van der Waals surface area (Å²) >= 11 is 0. The first-order valence-corrected chi connectivity index (χ1v) is 6.88. The molecule has 2 rings (SSSR count). The van der Waals surface area contributed by atoms with Crippen molar-refractivity contribution >= 4 is 11.6 Å². The molecule has 21 heavy (non-hydrogen) atoms. The molecule has 4 heteroatoms. The standard InChI is InChI=1S/C17H20N2O2/c1-12-7-8-16(14(9-12)10-18)21-11-17(20)19-15-6-4-3-5-13(15)2/h3-9H,10-11,18H2,1-2H3,(H,19,20). The zero-order chi connectivity index (χ0) is 15.2. The van der Waals surface area contributed by atoms with Gasteiger partial charge in [0.15, 0.2) is 6.61 Å². The minimum absolute atomic E-state index is 0.0373. The minimum Gasteiger partial charge on any atom is -0.483 e. The van der Waals surface area contributed by atoms with Crippen LogP contribution < -0.4 is 15.8 Å². The normalized spacial score (nSPS) is 10.2. The van der Waals surface area contributed by atoms with Gasteiger partial charge < -0.3 is 15.8 Å². The molecule has 0 fully saturated rings. The number of hydrogen-bond donors (Lipinski definition) is 2. The Hall–Kier alpha value is -2.33. The van der Waals surface area contributed by atoms with Gasteiger partial charge in [-0.15, -0.1) is 0 Å². The lowest BCUT2D eigenvalue weighted by atomic mass is 10.1. The molecule has 1 amide bonds. The number of ether oxygens (including phenoxy) is 1. The topological polar surface area (TPSA) is 64.3 Å². The van der Waals surface area contributed by atoms with Crippen molar-refractivity contribution in [1.29, 1.82) is 0 Å². The summed E-state index contributed by atoms with van der Waals surface area (Å²) in [7, 11) is 0. The Kier molecular flexibility index (Phi) is 4.95. The summed E-state index contributed by atoms with van der Waals surface area (Å²) in [5.41, 5.74) is 9.53. The van der Waals surface area contributed by atoms with Gasteiger partial charge in [0.25, 0.3) is 5.91 Å². The van der Waals surface area contributed by atoms with E-state index >= 15 is 0 Å². The molecule has 0 aliphatic rings. The molecule has 0 saturated carbocycles. The van der Waals surface area contributed by atoms with Crippen LogP contribution in [0.25, 0.3) is 0 Å². The number of carbonyl (C=O) groups excluding carboxylic acids is 1. The predicted octanol–water partition coefficient (Wildman–Crippen LogP) is 2.78. The van der Waals surface area contributed by atoms with E-state index in [0.29, 0.717) is 12.3 Å². The van der Waals surface area contributed by atoms with Crippen molar-refractivity contribution in [1.82, 2.24) is 0 Å². The Labute approximate surface area is 124 Å². The molecule has 0 aliphatic heterocycles. The molecule has 0 heterocycles. The van der Waals surface area contributed by atoms with E-state index in [9.17, 15) is 4.79 Å². The molecule has 0 unspecified atom stereocenters. The fourth-order valence-electron chi connectivity index (χ4n) is 2.05. The van der Waals surface area contributed by atoms with E-state index in [-0.39, 0.29) is 12.5 Å². The highest BCUT2D eigenvalue weighted by Gasteiger charge is 2.08. The first kappa shape index (κ1) is 15.1. The van der Waals surface area contributed by atoms with Gasteiger partial charge in [-0.25, -0.2) is 0 Å². The molecule has 2 aromatic carbocycles. The van der Waals surface area contributed by atoms with Gasteiger partial charge in [0.2, 0.25) is 0 Å². The fourth-order valence-corrected chi connectivity index (χ4v) is 2.05. The van der Waals surface area contributed by atoms with Crippen LogP contribution in [-0.4, -0.2) is 12.5 Å². The van der Waals surface area contributed by atoms with Crippen molar-refractivity contribution in [2.24, 2.45) is 5.73 Å². The quantitative estimate of drug-likeness (QED) is 0.887. The molecule has 2 aromatic rings. The van der Waals surface area contributed by atoms with Crippen LogP contribution in [0.4, 0.5) is 5.69 Å². The van der Waals surface area contributed by atoms with Gasteiger partial charge in [-0.3, -0.25) is 4.79 Å². The highest BCUT2D eigenvalue weighted by Crippen LogP contribution is 2.19. The highest BCUT2D eigenvalue weighted by molar-refractivity contribution is 5.92. The Morgan fingerprint density at radius 3 is 2.67 bits per heavy atom. The maximum atomic E-state index is 11.9. The second-order valence-electron chi connectivity index (χ2n) is 4.97. The molecule has 0 saturated heterocycles. The van der Waals surface area contributed by atoms with Gasteiger partial charge in [-0.05, 0) is 31.5 Å². The Bertz CT molecular complexity index is 638. The number of benzene rings is 2. The van der Waals surface area contributed by atoms with Crippen LogP contribution in [0, 0.1) is 13.8 Å². The van der Waals surface area contributed by atoms with Crippen molar-refractivity contribution in [3.8, 4) is 5.75 Å². The van der Waals surface area contributed by atoms with Crippen molar-refractivity contribution in [2.45, 2.75) is 20.4 Å². The third-order valence-corrected chi connectivity index (χ3v) is 3.21. The average Bonchev–Trinajstić information content (AvgIpc) is 2.48. The van der Waals surface area contributed by atoms with Crippen molar-refractivity contribution in [2.75, 3.05) is 11.9 Å². The lowest BCUT2D eigenvalue weighted by molar-refractivity contribution is -0.118. The van der Waals surface area contributed by atoms with E-state index in [1.54, 1.807) is 0 Å². The largest absolute Gasteiger partial charge is 0.483 e. The zero-order valence-corrected chi connectivity index (χ0v) is 12.3. The molecule has 0 atom stereocenters. The van der Waals surface area contributed by atoms with Gasteiger partial charge in [0.05, 0.1) is 0 Å². The number of hydrogen-bond acceptors (Lipinski definition) is 3.